The van der Waals surface area contributed by atoms with Crippen molar-refractivity contribution >= 4 is 41.6 Å². The van der Waals surface area contributed by atoms with Gasteiger partial charge in [0.15, 0.2) is 0 Å². The molecular formula is C15H27Cl2N3O4. The van der Waals surface area contributed by atoms with Crippen LogP contribution in [-0.4, -0.2) is 58.4 Å². The van der Waals surface area contributed by atoms with Crippen LogP contribution in [0.25, 0.3) is 0 Å². The molecule has 0 aliphatic rings. The Bertz CT molecular complexity index is 445. The molecular weight excluding hydrogens is 357 g/mol. The topological polar surface area (TPSA) is 87.7 Å². The lowest BCUT2D eigenvalue weighted by atomic mass is 10.1. The van der Waals surface area contributed by atoms with Gasteiger partial charge >= 0.3 is 6.09 Å². The number of alkyl halides is 2. The summed E-state index contributed by atoms with van der Waals surface area (Å²) in [5.41, 5.74) is -1.12. The van der Waals surface area contributed by atoms with Gasteiger partial charge in [-0.2, -0.15) is 0 Å². The molecule has 0 heterocycles. The number of hydrogen-bond acceptors (Lipinski definition) is 4. The lowest BCUT2D eigenvalue weighted by molar-refractivity contribution is -0.133. The molecule has 0 spiro atoms. The van der Waals surface area contributed by atoms with Gasteiger partial charge in [-0.15, -0.1) is 23.2 Å². The standard InChI is InChI=1S/C15H27Cl2N3O4/c1-14(2,3)19-12(22)10(11(16)17)20(9-21)8-7-18-13(23)24-15(4,5)6/h9-11H,7-8H2,1-6H3,(H,18,23)(H,19,22). The van der Waals surface area contributed by atoms with Crippen molar-refractivity contribution in [1.82, 2.24) is 15.5 Å². The van der Waals surface area contributed by atoms with E-state index in [2.05, 4.69) is 10.6 Å². The number of carbonyl (C=O) groups is 3. The first-order valence-corrected chi connectivity index (χ1v) is 8.42. The van der Waals surface area contributed by atoms with Crippen LogP contribution in [0.2, 0.25) is 0 Å². The molecule has 0 fully saturated rings. The first-order chi connectivity index (χ1) is 10.8. The predicted molar refractivity (Wildman–Crippen MR) is 94.2 cm³/mol. The number of halogens is 2. The Hall–Kier alpha value is -1.21. The van der Waals surface area contributed by atoms with E-state index in [9.17, 15) is 14.4 Å². The van der Waals surface area contributed by atoms with Crippen molar-refractivity contribution in [2.75, 3.05) is 13.1 Å². The highest BCUT2D eigenvalue weighted by Crippen LogP contribution is 2.15. The second kappa shape index (κ2) is 9.32. The van der Waals surface area contributed by atoms with Crippen molar-refractivity contribution in [3.05, 3.63) is 0 Å². The molecule has 0 aromatic carbocycles. The van der Waals surface area contributed by atoms with E-state index in [0.29, 0.717) is 6.41 Å². The van der Waals surface area contributed by atoms with Crippen LogP contribution in [-0.2, 0) is 14.3 Å². The molecule has 2 N–H and O–H groups in total. The fraction of sp³-hybridized carbons (Fsp3) is 0.800. The maximum Gasteiger partial charge on any atom is 0.407 e. The molecule has 0 aliphatic heterocycles. The molecule has 140 valence electrons. The van der Waals surface area contributed by atoms with Gasteiger partial charge in [-0.3, -0.25) is 9.59 Å². The zero-order chi connectivity index (χ0) is 19.1. The molecule has 0 saturated carbocycles. The third kappa shape index (κ3) is 9.82. The minimum atomic E-state index is -1.11. The van der Waals surface area contributed by atoms with Gasteiger partial charge < -0.3 is 20.3 Å². The zero-order valence-electron chi connectivity index (χ0n) is 15.0. The molecule has 1 atom stereocenters. The quantitative estimate of drug-likeness (QED) is 0.520. The van der Waals surface area contributed by atoms with Crippen molar-refractivity contribution in [1.29, 1.82) is 0 Å². The summed E-state index contributed by atoms with van der Waals surface area (Å²) in [5.74, 6) is -0.470. The Morgan fingerprint density at radius 2 is 1.71 bits per heavy atom. The summed E-state index contributed by atoms with van der Waals surface area (Å²) >= 11 is 11.7. The average molecular weight is 384 g/mol. The fourth-order valence-electron chi connectivity index (χ4n) is 1.71. The molecule has 9 heteroatoms. The highest BCUT2D eigenvalue weighted by Gasteiger charge is 2.33. The average Bonchev–Trinajstić information content (AvgIpc) is 2.32. The summed E-state index contributed by atoms with van der Waals surface area (Å²) in [6, 6.07) is -1.06. The Kier molecular flexibility index (Phi) is 8.85. The maximum absolute atomic E-state index is 12.3. The van der Waals surface area contributed by atoms with Crippen LogP contribution in [0.5, 0.6) is 0 Å². The Morgan fingerprint density at radius 1 is 1.17 bits per heavy atom. The number of ether oxygens (including phenoxy) is 1. The highest BCUT2D eigenvalue weighted by atomic mass is 35.5. The normalized spacial score (nSPS) is 13.2. The minimum absolute atomic E-state index is 0.0565. The summed E-state index contributed by atoms with van der Waals surface area (Å²) in [4.78, 5) is 35.2. The van der Waals surface area contributed by atoms with Crippen molar-refractivity contribution in [3.63, 3.8) is 0 Å². The molecule has 0 aliphatic carbocycles. The van der Waals surface area contributed by atoms with Crippen molar-refractivity contribution in [3.8, 4) is 0 Å². The van der Waals surface area contributed by atoms with E-state index in [1.54, 1.807) is 41.5 Å². The van der Waals surface area contributed by atoms with Crippen LogP contribution in [0.15, 0.2) is 0 Å². The molecule has 24 heavy (non-hydrogen) atoms. The van der Waals surface area contributed by atoms with E-state index >= 15 is 0 Å². The zero-order valence-corrected chi connectivity index (χ0v) is 16.5. The summed E-state index contributed by atoms with van der Waals surface area (Å²) in [6.45, 7) is 10.8. The van der Waals surface area contributed by atoms with Crippen LogP contribution < -0.4 is 10.6 Å². The number of alkyl carbamates (subject to hydrolysis) is 1. The van der Waals surface area contributed by atoms with E-state index < -0.39 is 34.0 Å². The molecule has 3 amide bonds. The third-order valence-corrected chi connectivity index (χ3v) is 3.01. The number of carbonyl (C=O) groups excluding carboxylic acids is 3. The van der Waals surface area contributed by atoms with Gasteiger partial charge in [0.05, 0.1) is 0 Å². The van der Waals surface area contributed by atoms with Gasteiger partial charge in [-0.1, -0.05) is 0 Å². The predicted octanol–water partition coefficient (Wildman–Crippen LogP) is 2.06. The number of nitrogens with zero attached hydrogens (tertiary/aromatic N) is 1. The molecule has 0 aromatic heterocycles. The molecule has 1 unspecified atom stereocenters. The summed E-state index contributed by atoms with van der Waals surface area (Å²) < 4.78 is 5.09. The number of amides is 3. The van der Waals surface area contributed by atoms with Crippen molar-refractivity contribution in [2.45, 2.75) is 63.6 Å². The van der Waals surface area contributed by atoms with E-state index in [1.807, 2.05) is 0 Å². The van der Waals surface area contributed by atoms with E-state index in [-0.39, 0.29) is 13.1 Å². The summed E-state index contributed by atoms with van der Waals surface area (Å²) in [7, 11) is 0. The van der Waals surface area contributed by atoms with Gasteiger partial charge in [0, 0.05) is 18.6 Å². The lowest BCUT2D eigenvalue weighted by Gasteiger charge is -2.31. The monoisotopic (exact) mass is 383 g/mol. The fourth-order valence-corrected chi connectivity index (χ4v) is 2.23. The second-order valence-electron chi connectivity index (χ2n) is 7.29. The number of rotatable bonds is 7. The van der Waals surface area contributed by atoms with Gasteiger partial charge in [-0.25, -0.2) is 4.79 Å². The molecule has 0 saturated heterocycles. The smallest absolute Gasteiger partial charge is 0.407 e. The van der Waals surface area contributed by atoms with Crippen molar-refractivity contribution in [2.24, 2.45) is 0 Å². The molecule has 0 rings (SSSR count). The summed E-state index contributed by atoms with van der Waals surface area (Å²) in [5, 5.41) is 5.23. The Labute approximate surface area is 153 Å². The van der Waals surface area contributed by atoms with E-state index in [1.165, 1.54) is 0 Å². The van der Waals surface area contributed by atoms with Gasteiger partial charge in [0.1, 0.15) is 16.5 Å². The second-order valence-corrected chi connectivity index (χ2v) is 8.45. The van der Waals surface area contributed by atoms with Crippen LogP contribution in [0.1, 0.15) is 41.5 Å². The summed E-state index contributed by atoms with van der Waals surface area (Å²) in [6.07, 6.45) is -0.140. The van der Waals surface area contributed by atoms with Crippen molar-refractivity contribution < 1.29 is 19.1 Å². The first kappa shape index (κ1) is 22.8. The van der Waals surface area contributed by atoms with Crippen LogP contribution in [0.3, 0.4) is 0 Å². The number of hydrogen-bond donors (Lipinski definition) is 2. The molecule has 0 radical (unpaired) electrons. The molecule has 0 bridgehead atoms. The van der Waals surface area contributed by atoms with Crippen LogP contribution >= 0.6 is 23.2 Å². The lowest BCUT2D eigenvalue weighted by Crippen LogP contribution is -2.55. The van der Waals surface area contributed by atoms with E-state index in [4.69, 9.17) is 27.9 Å². The Morgan fingerprint density at radius 3 is 2.08 bits per heavy atom. The largest absolute Gasteiger partial charge is 0.444 e. The van der Waals surface area contributed by atoms with Gasteiger partial charge in [-0.05, 0) is 41.5 Å². The van der Waals surface area contributed by atoms with Crippen LogP contribution in [0, 0.1) is 0 Å². The maximum atomic E-state index is 12.3. The highest BCUT2D eigenvalue weighted by molar-refractivity contribution is 6.46. The minimum Gasteiger partial charge on any atom is -0.444 e. The van der Waals surface area contributed by atoms with Crippen LogP contribution in [0.4, 0.5) is 4.79 Å². The number of nitrogens with one attached hydrogen (secondary N) is 2. The van der Waals surface area contributed by atoms with Gasteiger partial charge in [0.25, 0.3) is 0 Å². The first-order valence-electron chi connectivity index (χ1n) is 7.55. The SMILES string of the molecule is CC(C)(C)NC(=O)C(C(Cl)Cl)N(C=O)CCNC(=O)OC(C)(C)C. The molecule has 7 nitrogen and oxygen atoms in total. The Balaban J connectivity index is 4.74. The van der Waals surface area contributed by atoms with E-state index in [0.717, 1.165) is 4.90 Å². The van der Waals surface area contributed by atoms with Gasteiger partial charge in [0.2, 0.25) is 12.3 Å². The molecule has 0 aromatic rings. The third-order valence-electron chi connectivity index (χ3n) is 2.54.